The maximum atomic E-state index is 13.7. The number of carbonyl (C=O) groups is 1. The molecular formula is C44H65NO2. The number of hydrogen-bond donors (Lipinski definition) is 0. The van der Waals surface area contributed by atoms with Crippen LogP contribution >= 0.6 is 0 Å². The highest BCUT2D eigenvalue weighted by Crippen LogP contribution is 2.32. The van der Waals surface area contributed by atoms with Crippen molar-refractivity contribution in [3.05, 3.63) is 99.6 Å². The molecule has 3 aromatic carbocycles. The number of Topliss-reactive ketones (excluding diaryl/α,β-unsaturated/α-hetero) is 1. The summed E-state index contributed by atoms with van der Waals surface area (Å²) in [7, 11) is 1.85. The molecule has 0 saturated carbocycles. The van der Waals surface area contributed by atoms with Gasteiger partial charge in [0.2, 0.25) is 0 Å². The largest absolute Gasteiger partial charge is 0.494 e. The number of nitrogens with zero attached hydrogens (tertiary/aromatic N) is 1. The van der Waals surface area contributed by atoms with E-state index in [1.165, 1.54) is 60.8 Å². The second-order valence-electron chi connectivity index (χ2n) is 12.9. The molecule has 0 heterocycles. The van der Waals surface area contributed by atoms with E-state index in [-0.39, 0.29) is 5.78 Å². The molecule has 4 rings (SSSR count). The maximum Gasteiger partial charge on any atom is 0.163 e. The first-order valence-corrected chi connectivity index (χ1v) is 18.8. The lowest BCUT2D eigenvalue weighted by Gasteiger charge is -2.25. The van der Waals surface area contributed by atoms with Crippen molar-refractivity contribution in [3.63, 3.8) is 0 Å². The average Bonchev–Trinajstić information content (AvgIpc) is 3.10. The van der Waals surface area contributed by atoms with Crippen molar-refractivity contribution in [1.29, 1.82) is 0 Å². The molecule has 0 amide bonds. The number of fused-ring (bicyclic) bond motifs is 1. The summed E-state index contributed by atoms with van der Waals surface area (Å²) in [6.45, 7) is 17.6. The van der Waals surface area contributed by atoms with E-state index >= 15 is 0 Å². The SMILES string of the molecule is CC.CC.CCCCCCC(C)CCCOc1ccc2c(c1)CC[C@H](CC(=O)c1cc(C(Cc3ccccc3)=NC)c(C)cc1C)C2. The zero-order chi connectivity index (χ0) is 34.6. The fourth-order valence-electron chi connectivity index (χ4n) is 6.68. The highest BCUT2D eigenvalue weighted by Gasteiger charge is 2.24. The van der Waals surface area contributed by atoms with Crippen molar-refractivity contribution in [1.82, 2.24) is 0 Å². The number of benzene rings is 3. The molecule has 0 radical (unpaired) electrons. The summed E-state index contributed by atoms with van der Waals surface area (Å²) in [5.41, 5.74) is 9.19. The number of aryl methyl sites for hydroxylation is 3. The molecule has 1 aliphatic rings. The van der Waals surface area contributed by atoms with E-state index in [1.807, 2.05) is 40.8 Å². The predicted molar refractivity (Wildman–Crippen MR) is 205 cm³/mol. The van der Waals surface area contributed by atoms with Gasteiger partial charge in [0, 0.05) is 31.2 Å². The molecule has 3 heteroatoms. The van der Waals surface area contributed by atoms with Gasteiger partial charge >= 0.3 is 0 Å². The third-order valence-corrected chi connectivity index (χ3v) is 9.31. The molecule has 0 aromatic heterocycles. The van der Waals surface area contributed by atoms with Gasteiger partial charge in [0.05, 0.1) is 6.61 Å². The third-order valence-electron chi connectivity index (χ3n) is 9.31. The van der Waals surface area contributed by atoms with Gasteiger partial charge in [-0.15, -0.1) is 0 Å². The molecule has 0 aliphatic heterocycles. The minimum Gasteiger partial charge on any atom is -0.494 e. The van der Waals surface area contributed by atoms with E-state index < -0.39 is 0 Å². The molecule has 258 valence electrons. The van der Waals surface area contributed by atoms with E-state index in [1.54, 1.807) is 0 Å². The minimum absolute atomic E-state index is 0.252. The van der Waals surface area contributed by atoms with Gasteiger partial charge < -0.3 is 4.74 Å². The lowest BCUT2D eigenvalue weighted by atomic mass is 9.80. The first-order chi connectivity index (χ1) is 22.9. The van der Waals surface area contributed by atoms with Gasteiger partial charge in [-0.3, -0.25) is 9.79 Å². The number of ether oxygens (including phenoxy) is 1. The van der Waals surface area contributed by atoms with E-state index in [0.717, 1.165) is 72.8 Å². The smallest absolute Gasteiger partial charge is 0.163 e. The Balaban J connectivity index is 0.00000185. The molecular weight excluding hydrogens is 574 g/mol. The van der Waals surface area contributed by atoms with E-state index in [4.69, 9.17) is 4.74 Å². The first-order valence-electron chi connectivity index (χ1n) is 18.8. The van der Waals surface area contributed by atoms with Crippen LogP contribution in [-0.2, 0) is 19.3 Å². The van der Waals surface area contributed by atoms with Crippen molar-refractivity contribution >= 4 is 11.5 Å². The van der Waals surface area contributed by atoms with Gasteiger partial charge in [-0.1, -0.05) is 116 Å². The molecule has 47 heavy (non-hydrogen) atoms. The summed E-state index contributed by atoms with van der Waals surface area (Å²) in [6.07, 6.45) is 13.5. The van der Waals surface area contributed by atoms with Gasteiger partial charge in [0.1, 0.15) is 5.75 Å². The van der Waals surface area contributed by atoms with Crippen molar-refractivity contribution in [2.24, 2.45) is 16.8 Å². The Morgan fingerprint density at radius 3 is 2.26 bits per heavy atom. The van der Waals surface area contributed by atoms with Crippen LogP contribution in [0.4, 0.5) is 0 Å². The van der Waals surface area contributed by atoms with Crippen LogP contribution in [0.25, 0.3) is 0 Å². The minimum atomic E-state index is 0.252. The number of aliphatic imine (C=N–C) groups is 1. The molecule has 0 bridgehead atoms. The Hall–Kier alpha value is -3.20. The second-order valence-corrected chi connectivity index (χ2v) is 12.9. The van der Waals surface area contributed by atoms with Gasteiger partial charge in [-0.05, 0) is 109 Å². The quantitative estimate of drug-likeness (QED) is 0.0888. The van der Waals surface area contributed by atoms with Crippen molar-refractivity contribution in [2.45, 2.75) is 132 Å². The summed E-state index contributed by atoms with van der Waals surface area (Å²) in [5, 5.41) is 0. The Bertz CT molecular complexity index is 1360. The molecule has 1 unspecified atom stereocenters. The lowest BCUT2D eigenvalue weighted by molar-refractivity contribution is 0.0956. The summed E-state index contributed by atoms with van der Waals surface area (Å²) >= 11 is 0. The highest BCUT2D eigenvalue weighted by molar-refractivity contribution is 6.06. The molecule has 0 saturated heterocycles. The summed E-state index contributed by atoms with van der Waals surface area (Å²) in [6, 6.07) is 21.3. The zero-order valence-electron chi connectivity index (χ0n) is 31.4. The van der Waals surface area contributed by atoms with Crippen molar-refractivity contribution < 1.29 is 9.53 Å². The molecule has 0 N–H and O–H groups in total. The molecule has 3 nitrogen and oxygen atoms in total. The fraction of sp³-hybridized carbons (Fsp3) is 0.545. The molecule has 2 atom stereocenters. The monoisotopic (exact) mass is 640 g/mol. The van der Waals surface area contributed by atoms with Crippen molar-refractivity contribution in [3.8, 4) is 5.75 Å². The second kappa shape index (κ2) is 22.4. The van der Waals surface area contributed by atoms with Crippen LogP contribution in [-0.4, -0.2) is 25.1 Å². The number of rotatable bonds is 16. The Morgan fingerprint density at radius 2 is 1.55 bits per heavy atom. The van der Waals surface area contributed by atoms with Gasteiger partial charge in [-0.25, -0.2) is 0 Å². The number of unbranched alkanes of at least 4 members (excludes halogenated alkanes) is 3. The van der Waals surface area contributed by atoms with Crippen LogP contribution in [0.5, 0.6) is 5.75 Å². The summed E-state index contributed by atoms with van der Waals surface area (Å²) in [4.78, 5) is 18.3. The highest BCUT2D eigenvalue weighted by atomic mass is 16.5. The van der Waals surface area contributed by atoms with E-state index in [9.17, 15) is 4.79 Å². The van der Waals surface area contributed by atoms with Crippen LogP contribution in [0, 0.1) is 25.7 Å². The van der Waals surface area contributed by atoms with Crippen LogP contribution in [0.3, 0.4) is 0 Å². The Kier molecular flexibility index (Phi) is 19.0. The number of hydrogen-bond acceptors (Lipinski definition) is 3. The summed E-state index contributed by atoms with van der Waals surface area (Å²) < 4.78 is 6.15. The lowest BCUT2D eigenvalue weighted by Crippen LogP contribution is -2.19. The van der Waals surface area contributed by atoms with Crippen LogP contribution in [0.1, 0.15) is 143 Å². The van der Waals surface area contributed by atoms with Gasteiger partial charge in [0.15, 0.2) is 5.78 Å². The van der Waals surface area contributed by atoms with Crippen LogP contribution in [0.15, 0.2) is 65.7 Å². The molecule has 0 fully saturated rings. The fourth-order valence-corrected chi connectivity index (χ4v) is 6.68. The normalized spacial score (nSPS) is 14.6. The topological polar surface area (TPSA) is 38.7 Å². The maximum absolute atomic E-state index is 13.7. The van der Waals surface area contributed by atoms with Crippen LogP contribution < -0.4 is 4.74 Å². The number of ketones is 1. The van der Waals surface area contributed by atoms with Crippen LogP contribution in [0.2, 0.25) is 0 Å². The number of carbonyl (C=O) groups excluding carboxylic acids is 1. The van der Waals surface area contributed by atoms with Gasteiger partial charge in [-0.2, -0.15) is 0 Å². The molecule has 3 aromatic rings. The zero-order valence-corrected chi connectivity index (χ0v) is 31.4. The van der Waals surface area contributed by atoms with E-state index in [2.05, 4.69) is 87.3 Å². The predicted octanol–water partition coefficient (Wildman–Crippen LogP) is 12.2. The van der Waals surface area contributed by atoms with Crippen molar-refractivity contribution in [2.75, 3.05) is 13.7 Å². The Morgan fingerprint density at radius 1 is 0.851 bits per heavy atom. The van der Waals surface area contributed by atoms with Gasteiger partial charge in [0.25, 0.3) is 0 Å². The van der Waals surface area contributed by atoms with E-state index in [0.29, 0.717) is 12.3 Å². The average molecular weight is 640 g/mol. The third kappa shape index (κ3) is 13.1. The molecule has 1 aliphatic carbocycles. The summed E-state index contributed by atoms with van der Waals surface area (Å²) in [5.74, 6) is 2.41. The molecule has 0 spiro atoms. The Labute approximate surface area is 288 Å². The standard InChI is InChI=1S/C40H53NO2.2C2H6/c1-6-7-8-10-14-29(2)15-13-22-43-36-21-20-34-24-33(18-19-35(34)27-36)26-40(42)38-28-37(30(3)23-31(38)4)39(41-5)25-32-16-11-9-12-17-32;2*1-2/h9,11-12,16-17,20-21,23,27-29,33H,6-8,10,13-15,18-19,22,24-26H2,1-5H3;2*1-2H3/t29?,33-;;/m0../s1. The first kappa shape index (κ1) is 40.0.